The van der Waals surface area contributed by atoms with E-state index in [1.807, 2.05) is 13.8 Å². The van der Waals surface area contributed by atoms with E-state index in [-0.39, 0.29) is 34.3 Å². The number of carbonyl (C=O) groups is 2. The maximum absolute atomic E-state index is 13.2. The number of nitrogens with one attached hydrogen (secondary N) is 2. The van der Waals surface area contributed by atoms with Crippen LogP contribution in [0.4, 0.5) is 5.69 Å². The van der Waals surface area contributed by atoms with E-state index in [9.17, 15) is 18.0 Å². The molecule has 1 atom stereocenters. The minimum Gasteiger partial charge on any atom is -0.492 e. The number of sulfonamides is 1. The zero-order valence-corrected chi connectivity index (χ0v) is 21.3. The first-order valence-electron chi connectivity index (χ1n) is 12.0. The molecule has 2 amide bonds. The Hall–Kier alpha value is -2.13. The Bertz CT molecular complexity index is 907. The summed E-state index contributed by atoms with van der Waals surface area (Å²) in [5.41, 5.74) is 0.340. The quantitative estimate of drug-likeness (QED) is 0.501. The Balaban J connectivity index is 2.26. The highest BCUT2D eigenvalue weighted by Crippen LogP contribution is 2.30. The van der Waals surface area contributed by atoms with Gasteiger partial charge in [-0.1, -0.05) is 47.0 Å². The Morgan fingerprint density at radius 1 is 1.09 bits per heavy atom. The van der Waals surface area contributed by atoms with Gasteiger partial charge >= 0.3 is 0 Å². The van der Waals surface area contributed by atoms with Gasteiger partial charge in [-0.3, -0.25) is 9.59 Å². The number of carbonyl (C=O) groups excluding carboxylic acids is 2. The van der Waals surface area contributed by atoms with Crippen molar-refractivity contribution in [1.82, 2.24) is 9.62 Å². The van der Waals surface area contributed by atoms with Gasteiger partial charge in [0.1, 0.15) is 16.7 Å². The van der Waals surface area contributed by atoms with Crippen LogP contribution in [0.1, 0.15) is 66.7 Å². The first kappa shape index (κ1) is 27.1. The summed E-state index contributed by atoms with van der Waals surface area (Å²) in [4.78, 5) is 25.8. The van der Waals surface area contributed by atoms with E-state index in [4.69, 9.17) is 4.74 Å². The first-order chi connectivity index (χ1) is 15.6. The summed E-state index contributed by atoms with van der Waals surface area (Å²) in [5, 5.41) is 5.71. The van der Waals surface area contributed by atoms with E-state index < -0.39 is 16.1 Å². The number of ether oxygens (including phenoxy) is 1. The molecule has 2 N–H and O–H groups in total. The van der Waals surface area contributed by atoms with Crippen molar-refractivity contribution in [2.45, 2.75) is 77.7 Å². The van der Waals surface area contributed by atoms with E-state index in [0.717, 1.165) is 32.1 Å². The van der Waals surface area contributed by atoms with Gasteiger partial charge in [-0.15, -0.1) is 0 Å². The van der Waals surface area contributed by atoms with Crippen LogP contribution in [0.2, 0.25) is 0 Å². The average Bonchev–Trinajstić information content (AvgIpc) is 2.79. The number of hydrogen-bond acceptors (Lipinski definition) is 5. The van der Waals surface area contributed by atoms with Crippen molar-refractivity contribution >= 4 is 27.5 Å². The third kappa shape index (κ3) is 6.93. The zero-order chi connectivity index (χ0) is 24.6. The second-order valence-electron chi connectivity index (χ2n) is 8.74. The lowest BCUT2D eigenvalue weighted by molar-refractivity contribution is -0.130. The number of benzene rings is 1. The third-order valence-corrected chi connectivity index (χ3v) is 8.13. The van der Waals surface area contributed by atoms with E-state index >= 15 is 0 Å². The summed E-state index contributed by atoms with van der Waals surface area (Å²) < 4.78 is 33.2. The Labute approximate surface area is 198 Å². The minimum absolute atomic E-state index is 0.0122. The molecule has 2 rings (SSSR count). The molecule has 1 unspecified atom stereocenters. The van der Waals surface area contributed by atoms with Crippen molar-refractivity contribution in [2.75, 3.05) is 25.0 Å². The van der Waals surface area contributed by atoms with Crippen molar-refractivity contribution in [3.05, 3.63) is 18.2 Å². The highest BCUT2D eigenvalue weighted by Gasteiger charge is 2.30. The highest BCUT2D eigenvalue weighted by atomic mass is 32.2. The minimum atomic E-state index is -3.80. The normalized spacial score (nSPS) is 16.0. The van der Waals surface area contributed by atoms with Crippen molar-refractivity contribution in [1.29, 1.82) is 0 Å². The zero-order valence-electron chi connectivity index (χ0n) is 20.5. The lowest BCUT2D eigenvalue weighted by atomic mass is 9.88. The van der Waals surface area contributed by atoms with E-state index in [2.05, 4.69) is 10.6 Å². The molecule has 9 heteroatoms. The predicted octanol–water partition coefficient (Wildman–Crippen LogP) is 3.78. The van der Waals surface area contributed by atoms with Gasteiger partial charge in [-0.2, -0.15) is 4.31 Å². The fourth-order valence-electron chi connectivity index (χ4n) is 4.16. The van der Waals surface area contributed by atoms with Crippen molar-refractivity contribution in [3.8, 4) is 5.75 Å². The predicted molar refractivity (Wildman–Crippen MR) is 130 cm³/mol. The molecular formula is C24H39N3O5S. The van der Waals surface area contributed by atoms with Gasteiger partial charge in [-0.25, -0.2) is 8.42 Å². The van der Waals surface area contributed by atoms with Gasteiger partial charge in [0.25, 0.3) is 0 Å². The fourth-order valence-corrected chi connectivity index (χ4v) is 5.77. The summed E-state index contributed by atoms with van der Waals surface area (Å²) in [6, 6.07) is 3.89. The molecule has 1 aliphatic rings. The second kappa shape index (κ2) is 12.4. The number of amides is 2. The molecule has 1 aromatic rings. The lowest BCUT2D eigenvalue weighted by Crippen LogP contribution is -2.49. The molecule has 0 aliphatic heterocycles. The number of nitrogens with zero attached hydrogens (tertiary/aromatic N) is 1. The van der Waals surface area contributed by atoms with Crippen molar-refractivity contribution < 1.29 is 22.7 Å². The molecule has 0 spiro atoms. The smallest absolute Gasteiger partial charge is 0.247 e. The number of anilines is 1. The largest absolute Gasteiger partial charge is 0.492 e. The van der Waals surface area contributed by atoms with Crippen LogP contribution in [0.15, 0.2) is 23.1 Å². The molecule has 0 saturated heterocycles. The van der Waals surface area contributed by atoms with Crippen molar-refractivity contribution in [2.24, 2.45) is 11.8 Å². The van der Waals surface area contributed by atoms with E-state index in [1.165, 1.54) is 10.4 Å². The standard InChI is InChI=1S/C24H39N3O5S/c1-6-27(7-2)33(30,31)21-16-19(14-15-20(21)32-8-3)25-24(29)22(17(4)5)26-23(28)18-12-10-9-11-13-18/h14-18,22H,6-13H2,1-5H3,(H,25,29)(H,26,28). The Kier molecular flexibility index (Phi) is 10.2. The van der Waals surface area contributed by atoms with Crippen LogP contribution in [0.3, 0.4) is 0 Å². The van der Waals surface area contributed by atoms with E-state index in [0.29, 0.717) is 25.4 Å². The summed E-state index contributed by atoms with van der Waals surface area (Å²) in [6.07, 6.45) is 4.92. The van der Waals surface area contributed by atoms with Gasteiger partial charge in [0.2, 0.25) is 21.8 Å². The van der Waals surface area contributed by atoms with Crippen LogP contribution in [0.25, 0.3) is 0 Å². The van der Waals surface area contributed by atoms with Crippen LogP contribution in [0, 0.1) is 11.8 Å². The van der Waals surface area contributed by atoms with Gasteiger partial charge in [-0.05, 0) is 43.9 Å². The number of rotatable bonds is 11. The van der Waals surface area contributed by atoms with Crippen LogP contribution < -0.4 is 15.4 Å². The lowest BCUT2D eigenvalue weighted by Gasteiger charge is -2.26. The van der Waals surface area contributed by atoms with Crippen LogP contribution in [0.5, 0.6) is 5.75 Å². The fraction of sp³-hybridized carbons (Fsp3) is 0.667. The van der Waals surface area contributed by atoms with Crippen molar-refractivity contribution in [3.63, 3.8) is 0 Å². The summed E-state index contributed by atoms with van der Waals surface area (Å²) in [6.45, 7) is 10.0. The molecule has 0 bridgehead atoms. The van der Waals surface area contributed by atoms with Crippen LogP contribution in [-0.4, -0.2) is 50.3 Å². The second-order valence-corrected chi connectivity index (χ2v) is 10.6. The molecule has 1 saturated carbocycles. The molecule has 8 nitrogen and oxygen atoms in total. The van der Waals surface area contributed by atoms with Gasteiger partial charge in [0.05, 0.1) is 6.61 Å². The molecule has 0 aromatic heterocycles. The monoisotopic (exact) mass is 481 g/mol. The van der Waals surface area contributed by atoms with Gasteiger partial charge in [0, 0.05) is 24.7 Å². The first-order valence-corrected chi connectivity index (χ1v) is 13.5. The summed E-state index contributed by atoms with van der Waals surface area (Å²) in [7, 11) is -3.80. The molecule has 1 aliphatic carbocycles. The number of hydrogen-bond donors (Lipinski definition) is 2. The van der Waals surface area contributed by atoms with Crippen LogP contribution >= 0.6 is 0 Å². The highest BCUT2D eigenvalue weighted by molar-refractivity contribution is 7.89. The molecule has 0 radical (unpaired) electrons. The molecular weight excluding hydrogens is 442 g/mol. The SMILES string of the molecule is CCOc1ccc(NC(=O)C(NC(=O)C2CCCCC2)C(C)C)cc1S(=O)(=O)N(CC)CC. The molecule has 1 fully saturated rings. The molecule has 33 heavy (non-hydrogen) atoms. The average molecular weight is 482 g/mol. The topological polar surface area (TPSA) is 105 Å². The molecule has 0 heterocycles. The third-order valence-electron chi connectivity index (χ3n) is 6.06. The van der Waals surface area contributed by atoms with Crippen LogP contribution in [-0.2, 0) is 19.6 Å². The maximum Gasteiger partial charge on any atom is 0.247 e. The van der Waals surface area contributed by atoms with E-state index in [1.54, 1.807) is 32.9 Å². The summed E-state index contributed by atoms with van der Waals surface area (Å²) in [5.74, 6) is -0.388. The molecule has 1 aromatic carbocycles. The maximum atomic E-state index is 13.2. The Morgan fingerprint density at radius 3 is 2.27 bits per heavy atom. The van der Waals surface area contributed by atoms with Gasteiger partial charge < -0.3 is 15.4 Å². The molecule has 186 valence electrons. The van der Waals surface area contributed by atoms with Gasteiger partial charge in [0.15, 0.2) is 0 Å². The summed E-state index contributed by atoms with van der Waals surface area (Å²) >= 11 is 0. The Morgan fingerprint density at radius 2 is 1.73 bits per heavy atom.